The van der Waals surface area contributed by atoms with Gasteiger partial charge in [0.1, 0.15) is 0 Å². The van der Waals surface area contributed by atoms with E-state index in [1.807, 2.05) is 56.6 Å². The summed E-state index contributed by atoms with van der Waals surface area (Å²) in [6.45, 7) is 6.67. The van der Waals surface area contributed by atoms with E-state index in [0.29, 0.717) is 17.5 Å². The Labute approximate surface area is 160 Å². The third-order valence-corrected chi connectivity index (χ3v) is 3.18. The van der Waals surface area contributed by atoms with Crippen LogP contribution in [0.2, 0.25) is 5.02 Å². The van der Waals surface area contributed by atoms with Crippen LogP contribution in [-0.4, -0.2) is 47.5 Å². The SMILES string of the molecule is CN=C(NCC(=O)NC(C)(C)C)N(C)Cc1cc(Cl)cn1C.I. The second-order valence-corrected chi connectivity index (χ2v) is 6.75. The summed E-state index contributed by atoms with van der Waals surface area (Å²) in [7, 11) is 5.55. The lowest BCUT2D eigenvalue weighted by atomic mass is 10.1. The van der Waals surface area contributed by atoms with Gasteiger partial charge in [0.15, 0.2) is 5.96 Å². The lowest BCUT2D eigenvalue weighted by Crippen LogP contribution is -2.48. The fourth-order valence-electron chi connectivity index (χ4n) is 2.05. The maximum absolute atomic E-state index is 11.8. The van der Waals surface area contributed by atoms with E-state index in [1.165, 1.54) is 0 Å². The number of aliphatic imine (C=N–C) groups is 1. The summed E-state index contributed by atoms with van der Waals surface area (Å²) in [5, 5.41) is 6.67. The summed E-state index contributed by atoms with van der Waals surface area (Å²) in [6, 6.07) is 1.91. The highest BCUT2D eigenvalue weighted by molar-refractivity contribution is 14.0. The van der Waals surface area contributed by atoms with Crippen molar-refractivity contribution in [3.63, 3.8) is 0 Å². The van der Waals surface area contributed by atoms with Gasteiger partial charge in [-0.1, -0.05) is 11.6 Å². The van der Waals surface area contributed by atoms with Crippen molar-refractivity contribution in [2.75, 3.05) is 20.6 Å². The third-order valence-electron chi connectivity index (χ3n) is 2.97. The minimum atomic E-state index is -0.242. The Morgan fingerprint density at radius 2 is 2.04 bits per heavy atom. The Bertz CT molecular complexity index is 551. The van der Waals surface area contributed by atoms with Crippen LogP contribution in [0.25, 0.3) is 0 Å². The number of nitrogens with zero attached hydrogens (tertiary/aromatic N) is 3. The number of rotatable bonds is 4. The summed E-state index contributed by atoms with van der Waals surface area (Å²) in [5.74, 6) is 0.588. The maximum atomic E-state index is 11.8. The van der Waals surface area contributed by atoms with Crippen molar-refractivity contribution in [2.45, 2.75) is 32.9 Å². The van der Waals surface area contributed by atoms with E-state index >= 15 is 0 Å². The van der Waals surface area contributed by atoms with Crippen LogP contribution in [0.1, 0.15) is 26.5 Å². The minimum Gasteiger partial charge on any atom is -0.351 e. The van der Waals surface area contributed by atoms with Crippen LogP contribution in [0.5, 0.6) is 0 Å². The number of carbonyl (C=O) groups is 1. The van der Waals surface area contributed by atoms with Crippen molar-refractivity contribution < 1.29 is 4.79 Å². The molecule has 0 atom stereocenters. The number of hydrogen-bond donors (Lipinski definition) is 2. The zero-order valence-electron chi connectivity index (χ0n) is 14.6. The normalized spacial score (nSPS) is 11.7. The third kappa shape index (κ3) is 7.92. The van der Waals surface area contributed by atoms with Crippen molar-refractivity contribution in [2.24, 2.45) is 12.0 Å². The zero-order valence-corrected chi connectivity index (χ0v) is 17.7. The number of amides is 1. The van der Waals surface area contributed by atoms with Gasteiger partial charge in [-0.2, -0.15) is 0 Å². The first-order valence-corrected chi connectivity index (χ1v) is 7.53. The molecule has 1 heterocycles. The van der Waals surface area contributed by atoms with Gasteiger partial charge < -0.3 is 20.1 Å². The Morgan fingerprint density at radius 3 is 2.48 bits per heavy atom. The predicted molar refractivity (Wildman–Crippen MR) is 107 cm³/mol. The van der Waals surface area contributed by atoms with E-state index in [4.69, 9.17) is 11.6 Å². The van der Waals surface area contributed by atoms with Crippen LogP contribution >= 0.6 is 35.6 Å². The summed E-state index contributed by atoms with van der Waals surface area (Å²) >= 11 is 5.99. The molecule has 0 fully saturated rings. The van der Waals surface area contributed by atoms with Crippen molar-refractivity contribution in [1.29, 1.82) is 0 Å². The Balaban J connectivity index is 0.00000484. The zero-order chi connectivity index (χ0) is 16.9. The number of guanidine groups is 1. The van der Waals surface area contributed by atoms with E-state index in [-0.39, 0.29) is 42.0 Å². The molecule has 8 heteroatoms. The second-order valence-electron chi connectivity index (χ2n) is 6.32. The Kier molecular flexibility index (Phi) is 8.97. The van der Waals surface area contributed by atoms with Gasteiger partial charge in [-0.3, -0.25) is 9.79 Å². The van der Waals surface area contributed by atoms with Gasteiger partial charge in [0.2, 0.25) is 5.91 Å². The molecular weight excluding hydrogens is 429 g/mol. The van der Waals surface area contributed by atoms with Gasteiger partial charge in [-0.15, -0.1) is 24.0 Å². The summed E-state index contributed by atoms with van der Waals surface area (Å²) in [6.07, 6.45) is 1.86. The highest BCUT2D eigenvalue weighted by Crippen LogP contribution is 2.14. The fraction of sp³-hybridized carbons (Fsp3) is 0.600. The molecule has 6 nitrogen and oxygen atoms in total. The molecule has 0 spiro atoms. The second kappa shape index (κ2) is 9.36. The van der Waals surface area contributed by atoms with Crippen LogP contribution in [-0.2, 0) is 18.4 Å². The molecule has 1 amide bonds. The Hall–Kier alpha value is -0.960. The number of nitrogens with one attached hydrogen (secondary N) is 2. The molecule has 0 aliphatic carbocycles. The molecule has 23 heavy (non-hydrogen) atoms. The van der Waals surface area contributed by atoms with Gasteiger partial charge in [-0.05, 0) is 26.8 Å². The molecule has 0 bridgehead atoms. The smallest absolute Gasteiger partial charge is 0.239 e. The molecule has 1 aromatic heterocycles. The van der Waals surface area contributed by atoms with Crippen LogP contribution in [0.15, 0.2) is 17.3 Å². The monoisotopic (exact) mass is 455 g/mol. The van der Waals surface area contributed by atoms with Crippen LogP contribution in [0, 0.1) is 0 Å². The first-order chi connectivity index (χ1) is 10.1. The summed E-state index contributed by atoms with van der Waals surface area (Å²) < 4.78 is 1.97. The molecule has 2 N–H and O–H groups in total. The minimum absolute atomic E-state index is 0. The van der Waals surface area contributed by atoms with E-state index in [0.717, 1.165) is 5.69 Å². The lowest BCUT2D eigenvalue weighted by Gasteiger charge is -2.24. The van der Waals surface area contributed by atoms with Crippen LogP contribution in [0.4, 0.5) is 0 Å². The molecule has 132 valence electrons. The summed E-state index contributed by atoms with van der Waals surface area (Å²) in [4.78, 5) is 18.0. The van der Waals surface area contributed by atoms with Crippen molar-refractivity contribution >= 4 is 47.4 Å². The Morgan fingerprint density at radius 1 is 1.43 bits per heavy atom. The fourth-order valence-corrected chi connectivity index (χ4v) is 2.32. The van der Waals surface area contributed by atoms with Crippen LogP contribution in [0.3, 0.4) is 0 Å². The lowest BCUT2D eigenvalue weighted by molar-refractivity contribution is -0.121. The van der Waals surface area contributed by atoms with Gasteiger partial charge >= 0.3 is 0 Å². The van der Waals surface area contributed by atoms with E-state index in [2.05, 4.69) is 15.6 Å². The predicted octanol–water partition coefficient (Wildman–Crippen LogP) is 2.22. The number of carbonyl (C=O) groups excluding carboxylic acids is 1. The first-order valence-electron chi connectivity index (χ1n) is 7.16. The topological polar surface area (TPSA) is 61.7 Å². The van der Waals surface area contributed by atoms with E-state index < -0.39 is 0 Å². The highest BCUT2D eigenvalue weighted by atomic mass is 127. The standard InChI is InChI=1S/C15H26ClN5O.HI/c1-15(2,3)19-13(22)8-18-14(17-4)21(6)10-12-7-11(16)9-20(12)5;/h7,9H,8,10H2,1-6H3,(H,17,18)(H,19,22);1H. The summed E-state index contributed by atoms with van der Waals surface area (Å²) in [5.41, 5.74) is 0.822. The average molecular weight is 456 g/mol. The number of hydrogen-bond acceptors (Lipinski definition) is 2. The molecule has 0 aliphatic rings. The molecule has 0 unspecified atom stereocenters. The van der Waals surface area contributed by atoms with Gasteiger partial charge in [0.05, 0.1) is 18.1 Å². The van der Waals surface area contributed by atoms with Gasteiger partial charge in [-0.25, -0.2) is 0 Å². The largest absolute Gasteiger partial charge is 0.351 e. The number of aryl methyl sites for hydroxylation is 1. The maximum Gasteiger partial charge on any atom is 0.239 e. The van der Waals surface area contributed by atoms with Crippen molar-refractivity contribution in [1.82, 2.24) is 20.1 Å². The molecule has 0 saturated carbocycles. The molecule has 1 rings (SSSR count). The van der Waals surface area contributed by atoms with E-state index in [9.17, 15) is 4.79 Å². The molecule has 0 saturated heterocycles. The van der Waals surface area contributed by atoms with Gasteiger partial charge in [0.25, 0.3) is 0 Å². The average Bonchev–Trinajstić information content (AvgIpc) is 2.66. The molecule has 1 aromatic rings. The molecular formula is C15H27ClIN5O. The number of halogens is 2. The quantitative estimate of drug-likeness (QED) is 0.416. The van der Waals surface area contributed by atoms with E-state index in [1.54, 1.807) is 7.05 Å². The van der Waals surface area contributed by atoms with Crippen molar-refractivity contribution in [3.05, 3.63) is 23.0 Å². The van der Waals surface area contributed by atoms with Crippen molar-refractivity contribution in [3.8, 4) is 0 Å². The number of aromatic nitrogens is 1. The van der Waals surface area contributed by atoms with Gasteiger partial charge in [0, 0.05) is 38.6 Å². The van der Waals surface area contributed by atoms with Crippen LogP contribution < -0.4 is 10.6 Å². The first kappa shape index (κ1) is 22.0. The molecule has 0 aliphatic heterocycles. The molecule has 0 aromatic carbocycles. The molecule has 0 radical (unpaired) electrons. The highest BCUT2D eigenvalue weighted by Gasteiger charge is 2.15.